The lowest BCUT2D eigenvalue weighted by Crippen LogP contribution is -2.58. The van der Waals surface area contributed by atoms with Gasteiger partial charge in [-0.25, -0.2) is 0 Å². The van der Waals surface area contributed by atoms with Crippen LogP contribution in [-0.4, -0.2) is 46.3 Å². The molecule has 22 heavy (non-hydrogen) atoms. The summed E-state index contributed by atoms with van der Waals surface area (Å²) in [5, 5.41) is 25.7. The number of nitrogens with one attached hydrogen (secondary N) is 2. The van der Waals surface area contributed by atoms with Gasteiger partial charge in [-0.05, 0) is 25.2 Å². The molecule has 4 N–H and O–H groups in total. The van der Waals surface area contributed by atoms with Crippen molar-refractivity contribution in [1.29, 1.82) is 0 Å². The lowest BCUT2D eigenvalue weighted by molar-refractivity contribution is -0.139. The Kier molecular flexibility index (Phi) is 7.03. The topological polar surface area (TPSA) is 98.7 Å². The van der Waals surface area contributed by atoms with Crippen LogP contribution in [0, 0.1) is 11.8 Å². The Labute approximate surface area is 132 Å². The molecular weight excluding hydrogens is 284 g/mol. The molecular formula is C16H28N2O4. The predicted molar refractivity (Wildman–Crippen MR) is 84.3 cm³/mol. The second kappa shape index (κ2) is 8.29. The maximum Gasteiger partial charge on any atom is 0.320 e. The molecule has 1 heterocycles. The van der Waals surface area contributed by atoms with Gasteiger partial charge in [-0.3, -0.25) is 14.9 Å². The first-order chi connectivity index (χ1) is 10.3. The zero-order chi connectivity index (χ0) is 16.9. The van der Waals surface area contributed by atoms with Gasteiger partial charge in [0.1, 0.15) is 6.04 Å². The fraction of sp³-hybridized carbons (Fsp3) is 0.750. The molecule has 126 valence electrons. The Morgan fingerprint density at radius 2 is 2.09 bits per heavy atom. The number of carboxylic acid groups (broad SMARTS) is 1. The van der Waals surface area contributed by atoms with Crippen molar-refractivity contribution in [1.82, 2.24) is 10.6 Å². The number of hydrogen-bond acceptors (Lipinski definition) is 4. The van der Waals surface area contributed by atoms with Crippen molar-refractivity contribution in [2.75, 3.05) is 0 Å². The van der Waals surface area contributed by atoms with E-state index in [2.05, 4.69) is 10.6 Å². The van der Waals surface area contributed by atoms with E-state index in [1.807, 2.05) is 32.9 Å². The van der Waals surface area contributed by atoms with Gasteiger partial charge in [-0.15, -0.1) is 0 Å². The van der Waals surface area contributed by atoms with Crippen LogP contribution in [0.4, 0.5) is 0 Å². The Morgan fingerprint density at radius 1 is 1.45 bits per heavy atom. The summed E-state index contributed by atoms with van der Waals surface area (Å²) >= 11 is 0. The molecule has 0 aliphatic carbocycles. The Hall–Kier alpha value is -1.40. The molecule has 1 saturated heterocycles. The number of rotatable bonds is 7. The summed E-state index contributed by atoms with van der Waals surface area (Å²) in [6.07, 6.45) is 4.32. The number of aliphatic hydroxyl groups is 1. The third-order valence-corrected chi connectivity index (χ3v) is 4.45. The summed E-state index contributed by atoms with van der Waals surface area (Å²) in [7, 11) is 0. The van der Waals surface area contributed by atoms with Gasteiger partial charge >= 0.3 is 5.97 Å². The lowest BCUT2D eigenvalue weighted by Gasteiger charge is -2.34. The molecule has 1 fully saturated rings. The number of hydrogen-bond donors (Lipinski definition) is 4. The number of amides is 1. The second-order valence-electron chi connectivity index (χ2n) is 6.11. The number of aliphatic hydroxyl groups excluding tert-OH is 1. The van der Waals surface area contributed by atoms with Gasteiger partial charge in [0.05, 0.1) is 12.1 Å². The Balaban J connectivity index is 3.03. The molecule has 0 aromatic rings. The zero-order valence-electron chi connectivity index (χ0n) is 13.7. The Morgan fingerprint density at radius 3 is 2.55 bits per heavy atom. The number of carboxylic acids is 1. The molecule has 0 aromatic heterocycles. The van der Waals surface area contributed by atoms with Crippen molar-refractivity contribution in [3.8, 4) is 0 Å². The average Bonchev–Trinajstić information content (AvgIpc) is 2.87. The highest BCUT2D eigenvalue weighted by molar-refractivity contribution is 5.75. The molecule has 0 aromatic carbocycles. The largest absolute Gasteiger partial charge is 0.480 e. The highest BCUT2D eigenvalue weighted by Gasteiger charge is 2.43. The van der Waals surface area contributed by atoms with Gasteiger partial charge in [-0.1, -0.05) is 32.4 Å². The van der Waals surface area contributed by atoms with E-state index in [0.717, 1.165) is 6.42 Å². The van der Waals surface area contributed by atoms with Crippen LogP contribution in [0.5, 0.6) is 0 Å². The highest BCUT2D eigenvalue weighted by Crippen LogP contribution is 2.28. The van der Waals surface area contributed by atoms with Crippen LogP contribution in [0.1, 0.15) is 40.5 Å². The maximum atomic E-state index is 11.5. The van der Waals surface area contributed by atoms with Crippen molar-refractivity contribution in [3.63, 3.8) is 0 Å². The van der Waals surface area contributed by atoms with E-state index in [4.69, 9.17) is 0 Å². The number of carbonyl (C=O) groups is 2. The van der Waals surface area contributed by atoms with Crippen molar-refractivity contribution < 1.29 is 19.8 Å². The van der Waals surface area contributed by atoms with Crippen LogP contribution < -0.4 is 10.6 Å². The first kappa shape index (κ1) is 18.6. The van der Waals surface area contributed by atoms with Crippen LogP contribution >= 0.6 is 0 Å². The molecule has 0 spiro atoms. The van der Waals surface area contributed by atoms with E-state index in [0.29, 0.717) is 6.42 Å². The minimum absolute atomic E-state index is 0.00813. The van der Waals surface area contributed by atoms with Crippen molar-refractivity contribution in [2.45, 2.75) is 64.8 Å². The third-order valence-electron chi connectivity index (χ3n) is 4.45. The lowest BCUT2D eigenvalue weighted by atomic mass is 9.85. The van der Waals surface area contributed by atoms with E-state index >= 15 is 0 Å². The molecule has 0 bridgehead atoms. The molecule has 1 aliphatic heterocycles. The summed E-state index contributed by atoms with van der Waals surface area (Å²) in [6.45, 7) is 7.19. The van der Waals surface area contributed by atoms with Crippen LogP contribution in [0.2, 0.25) is 0 Å². The van der Waals surface area contributed by atoms with Crippen LogP contribution in [0.15, 0.2) is 12.2 Å². The first-order valence-corrected chi connectivity index (χ1v) is 7.88. The normalized spacial score (nSPS) is 29.2. The second-order valence-corrected chi connectivity index (χ2v) is 6.11. The van der Waals surface area contributed by atoms with Crippen LogP contribution in [-0.2, 0) is 9.59 Å². The number of carbonyl (C=O) groups excluding carboxylic acids is 1. The summed E-state index contributed by atoms with van der Waals surface area (Å²) in [5.41, 5.74) is 0. The minimum atomic E-state index is -0.906. The summed E-state index contributed by atoms with van der Waals surface area (Å²) in [4.78, 5) is 22.8. The van der Waals surface area contributed by atoms with Gasteiger partial charge in [0.15, 0.2) is 0 Å². The summed E-state index contributed by atoms with van der Waals surface area (Å²) < 4.78 is 0. The fourth-order valence-corrected chi connectivity index (χ4v) is 3.05. The molecule has 0 unspecified atom stereocenters. The molecule has 0 radical (unpaired) electrons. The van der Waals surface area contributed by atoms with Crippen molar-refractivity contribution >= 4 is 11.9 Å². The molecule has 6 atom stereocenters. The number of aliphatic carboxylic acids is 1. The van der Waals surface area contributed by atoms with E-state index < -0.39 is 24.2 Å². The van der Waals surface area contributed by atoms with Crippen molar-refractivity contribution in [3.05, 3.63) is 12.2 Å². The standard InChI is InChI=1S/C16H28N2O4/c1-5-7-11-8-12(16(21)22)18-13(11)14(17-10(4)19)15(20)9(3)6-2/h5,7,9,11-15,18,20H,6,8H2,1-4H3,(H,17,19)(H,21,22)/b7-5-/t9-,11-,12-,13-,14-,15+/m1/s1. The van der Waals surface area contributed by atoms with Crippen LogP contribution in [0.3, 0.4) is 0 Å². The quantitative estimate of drug-likeness (QED) is 0.524. The molecule has 6 nitrogen and oxygen atoms in total. The first-order valence-electron chi connectivity index (χ1n) is 7.88. The van der Waals surface area contributed by atoms with Gasteiger partial charge in [-0.2, -0.15) is 0 Å². The van der Waals surface area contributed by atoms with Gasteiger partial charge in [0.2, 0.25) is 5.91 Å². The zero-order valence-corrected chi connectivity index (χ0v) is 13.7. The smallest absolute Gasteiger partial charge is 0.320 e. The van der Waals surface area contributed by atoms with E-state index in [1.54, 1.807) is 0 Å². The van der Waals surface area contributed by atoms with Gasteiger partial charge < -0.3 is 15.5 Å². The Bertz CT molecular complexity index is 424. The minimum Gasteiger partial charge on any atom is -0.480 e. The average molecular weight is 312 g/mol. The SMILES string of the molecule is C/C=C\[C@@H]1C[C@H](C(=O)O)N[C@H]1[C@@H](NC(C)=O)[C@@H](O)[C@H](C)CC. The van der Waals surface area contributed by atoms with Gasteiger partial charge in [0.25, 0.3) is 0 Å². The summed E-state index contributed by atoms with van der Waals surface area (Å²) in [5.74, 6) is -1.17. The monoisotopic (exact) mass is 312 g/mol. The van der Waals surface area contributed by atoms with Crippen LogP contribution in [0.25, 0.3) is 0 Å². The number of allylic oxidation sites excluding steroid dienone is 1. The summed E-state index contributed by atoms with van der Waals surface area (Å²) in [6, 6.07) is -1.48. The third kappa shape index (κ3) is 4.55. The van der Waals surface area contributed by atoms with Crippen molar-refractivity contribution in [2.24, 2.45) is 11.8 Å². The molecule has 1 aliphatic rings. The predicted octanol–water partition coefficient (Wildman–Crippen LogP) is 0.906. The van der Waals surface area contributed by atoms with E-state index in [-0.39, 0.29) is 23.8 Å². The molecule has 0 saturated carbocycles. The van der Waals surface area contributed by atoms with E-state index in [9.17, 15) is 19.8 Å². The molecule has 1 amide bonds. The fourth-order valence-electron chi connectivity index (χ4n) is 3.05. The molecule has 6 heteroatoms. The molecule has 1 rings (SSSR count). The maximum absolute atomic E-state index is 11.5. The van der Waals surface area contributed by atoms with Gasteiger partial charge in [0, 0.05) is 13.0 Å². The highest BCUT2D eigenvalue weighted by atomic mass is 16.4. The van der Waals surface area contributed by atoms with E-state index in [1.165, 1.54) is 6.92 Å².